The first-order chi connectivity index (χ1) is 11.0. The van der Waals surface area contributed by atoms with Crippen LogP contribution in [0, 0.1) is 0 Å². The molecule has 1 aliphatic heterocycles. The summed E-state index contributed by atoms with van der Waals surface area (Å²) in [6.45, 7) is 0.825. The zero-order chi connectivity index (χ0) is 16.2. The number of halogens is 2. The molecule has 1 saturated carbocycles. The zero-order valence-corrected chi connectivity index (χ0v) is 14.6. The van der Waals surface area contributed by atoms with E-state index in [4.69, 9.17) is 17.3 Å². The number of carbonyl (C=O) groups excluding carboxylic acids is 1. The second-order valence-electron chi connectivity index (χ2n) is 6.25. The molecule has 2 atom stereocenters. The predicted molar refractivity (Wildman–Crippen MR) is 90.7 cm³/mol. The summed E-state index contributed by atoms with van der Waals surface area (Å²) in [5.74, 6) is 0.421. The second-order valence-corrected chi connectivity index (χ2v) is 7.48. The van der Waals surface area contributed by atoms with Crippen molar-refractivity contribution in [2.75, 3.05) is 11.9 Å². The van der Waals surface area contributed by atoms with E-state index in [-0.39, 0.29) is 11.5 Å². The van der Waals surface area contributed by atoms with Gasteiger partial charge in [-0.15, -0.1) is 0 Å². The van der Waals surface area contributed by atoms with Crippen molar-refractivity contribution in [1.29, 1.82) is 0 Å². The average Bonchev–Trinajstić information content (AvgIpc) is 3.22. The van der Waals surface area contributed by atoms with Crippen molar-refractivity contribution in [2.45, 2.75) is 30.7 Å². The lowest BCUT2D eigenvalue weighted by Crippen LogP contribution is -2.26. The van der Waals surface area contributed by atoms with Gasteiger partial charge in [0.1, 0.15) is 5.82 Å². The van der Waals surface area contributed by atoms with Crippen LogP contribution in [0.3, 0.4) is 0 Å². The minimum Gasteiger partial charge on any atom is -0.369 e. The predicted octanol–water partition coefficient (Wildman–Crippen LogP) is 2.88. The van der Waals surface area contributed by atoms with Crippen LogP contribution in [-0.4, -0.2) is 27.2 Å². The maximum atomic E-state index is 11.3. The highest BCUT2D eigenvalue weighted by atomic mass is 79.9. The lowest BCUT2D eigenvalue weighted by Gasteiger charge is -2.24. The lowest BCUT2D eigenvalue weighted by atomic mass is 9.81. The van der Waals surface area contributed by atoms with Gasteiger partial charge >= 0.3 is 0 Å². The average molecular weight is 397 g/mol. The molecule has 3 N–H and O–H groups in total. The molecule has 0 bridgehead atoms. The van der Waals surface area contributed by atoms with Gasteiger partial charge in [0, 0.05) is 29.9 Å². The Bertz CT molecular complexity index is 807. The number of anilines is 1. The van der Waals surface area contributed by atoms with E-state index in [0.717, 1.165) is 46.7 Å². The maximum absolute atomic E-state index is 11.3. The summed E-state index contributed by atoms with van der Waals surface area (Å²) in [6, 6.07) is 0.228. The minimum absolute atomic E-state index is 0.0350. The fourth-order valence-electron chi connectivity index (χ4n) is 3.80. The number of pyridine rings is 1. The summed E-state index contributed by atoms with van der Waals surface area (Å²) in [4.78, 5) is 15.7. The Morgan fingerprint density at radius 2 is 2.35 bits per heavy atom. The van der Waals surface area contributed by atoms with Crippen molar-refractivity contribution in [3.05, 3.63) is 39.2 Å². The fraction of sp³-hybridized carbons (Fsp3) is 0.400. The lowest BCUT2D eigenvalue weighted by molar-refractivity contribution is 0.1000. The van der Waals surface area contributed by atoms with Gasteiger partial charge in [0.05, 0.1) is 27.3 Å². The molecule has 2 aromatic heterocycles. The van der Waals surface area contributed by atoms with E-state index in [2.05, 4.69) is 31.3 Å². The highest BCUT2D eigenvalue weighted by Gasteiger charge is 2.48. The molecule has 2 aliphatic rings. The number of hydrogen-bond acceptors (Lipinski definition) is 4. The summed E-state index contributed by atoms with van der Waals surface area (Å²) in [7, 11) is 0. The molecule has 0 saturated heterocycles. The molecule has 1 amide bonds. The summed E-state index contributed by atoms with van der Waals surface area (Å²) in [6.07, 6.45) is 7.87. The van der Waals surface area contributed by atoms with Gasteiger partial charge in [-0.1, -0.05) is 11.6 Å². The molecule has 2 aromatic rings. The van der Waals surface area contributed by atoms with E-state index in [1.54, 1.807) is 12.4 Å². The van der Waals surface area contributed by atoms with Gasteiger partial charge < -0.3 is 11.1 Å². The van der Waals surface area contributed by atoms with E-state index in [9.17, 15) is 4.79 Å². The molecule has 0 aromatic carbocycles. The Labute approximate surface area is 146 Å². The summed E-state index contributed by atoms with van der Waals surface area (Å²) >= 11 is 10.0. The molecule has 0 unspecified atom stereocenters. The number of rotatable bonds is 2. The van der Waals surface area contributed by atoms with Crippen LogP contribution < -0.4 is 11.1 Å². The normalized spacial score (nSPS) is 25.6. The molecule has 1 spiro atoms. The Balaban J connectivity index is 1.67. The van der Waals surface area contributed by atoms with E-state index < -0.39 is 5.91 Å². The van der Waals surface area contributed by atoms with E-state index in [0.29, 0.717) is 5.56 Å². The molecule has 6 nitrogen and oxygen atoms in total. The molecule has 3 heterocycles. The SMILES string of the molecule is NC(=O)c1cnn([C@H]2CC[C@@]3(CNc4ncc(Br)c(Cl)c43)C2)c1. The Hall–Kier alpha value is -1.60. The number of nitrogens with two attached hydrogens (primary N) is 1. The number of aromatic nitrogens is 3. The highest BCUT2D eigenvalue weighted by molar-refractivity contribution is 9.10. The summed E-state index contributed by atoms with van der Waals surface area (Å²) in [5, 5.41) is 8.42. The van der Waals surface area contributed by atoms with Gasteiger partial charge in [-0.2, -0.15) is 5.10 Å². The molecule has 8 heteroatoms. The zero-order valence-electron chi connectivity index (χ0n) is 12.2. The molecular formula is C15H15BrClN5O. The number of carbonyl (C=O) groups is 1. The van der Waals surface area contributed by atoms with Gasteiger partial charge in [-0.05, 0) is 35.2 Å². The van der Waals surface area contributed by atoms with Crippen LogP contribution in [0.5, 0.6) is 0 Å². The monoisotopic (exact) mass is 395 g/mol. The molecule has 1 aliphatic carbocycles. The number of hydrogen-bond donors (Lipinski definition) is 2. The van der Waals surface area contributed by atoms with Gasteiger partial charge in [-0.3, -0.25) is 9.48 Å². The van der Waals surface area contributed by atoms with Crippen LogP contribution in [0.15, 0.2) is 23.1 Å². The molecule has 120 valence electrons. The third-order valence-electron chi connectivity index (χ3n) is 4.94. The molecule has 1 fully saturated rings. The number of fused-ring (bicyclic) bond motifs is 2. The molecular weight excluding hydrogens is 382 g/mol. The van der Waals surface area contributed by atoms with Crippen LogP contribution >= 0.6 is 27.5 Å². The standard InChI is InChI=1S/C15H15BrClN5O/c16-10-5-19-14-11(12(10)17)15(7-20-14)2-1-9(3-15)22-6-8(4-21-22)13(18)23/h4-6,9H,1-3,7H2,(H2,18,23)(H,19,20)/t9-,15-/m0/s1. The van der Waals surface area contributed by atoms with Crippen LogP contribution in [-0.2, 0) is 5.41 Å². The van der Waals surface area contributed by atoms with Crippen LogP contribution in [0.25, 0.3) is 0 Å². The first kappa shape index (κ1) is 15.0. The van der Waals surface area contributed by atoms with Crippen LogP contribution in [0.4, 0.5) is 5.82 Å². The smallest absolute Gasteiger partial charge is 0.251 e. The van der Waals surface area contributed by atoms with Crippen LogP contribution in [0.2, 0.25) is 5.02 Å². The first-order valence-corrected chi connectivity index (χ1v) is 8.59. The quantitative estimate of drug-likeness (QED) is 0.817. The Morgan fingerprint density at radius 3 is 3.09 bits per heavy atom. The topological polar surface area (TPSA) is 85.8 Å². The minimum atomic E-state index is -0.451. The maximum Gasteiger partial charge on any atom is 0.251 e. The van der Waals surface area contributed by atoms with Crippen molar-refractivity contribution in [3.63, 3.8) is 0 Å². The van der Waals surface area contributed by atoms with Gasteiger partial charge in [0.25, 0.3) is 5.91 Å². The van der Waals surface area contributed by atoms with Crippen molar-refractivity contribution >= 4 is 39.3 Å². The largest absolute Gasteiger partial charge is 0.369 e. The molecule has 0 radical (unpaired) electrons. The van der Waals surface area contributed by atoms with Crippen molar-refractivity contribution in [3.8, 4) is 0 Å². The molecule has 4 rings (SSSR count). The number of nitrogens with zero attached hydrogens (tertiary/aromatic N) is 3. The highest BCUT2D eigenvalue weighted by Crippen LogP contribution is 2.54. The van der Waals surface area contributed by atoms with E-state index in [1.807, 2.05) is 4.68 Å². The summed E-state index contributed by atoms with van der Waals surface area (Å²) < 4.78 is 2.67. The molecule has 23 heavy (non-hydrogen) atoms. The number of nitrogens with one attached hydrogen (secondary N) is 1. The fourth-order valence-corrected chi connectivity index (χ4v) is 4.44. The number of primary amides is 1. The first-order valence-electron chi connectivity index (χ1n) is 7.42. The van der Waals surface area contributed by atoms with Gasteiger partial charge in [-0.25, -0.2) is 4.98 Å². The van der Waals surface area contributed by atoms with Crippen molar-refractivity contribution < 1.29 is 4.79 Å². The second kappa shape index (κ2) is 5.21. The van der Waals surface area contributed by atoms with Gasteiger partial charge in [0.15, 0.2) is 0 Å². The third-order valence-corrected chi connectivity index (χ3v) is 6.16. The van der Waals surface area contributed by atoms with Crippen molar-refractivity contribution in [2.24, 2.45) is 5.73 Å². The Kier molecular flexibility index (Phi) is 3.39. The third kappa shape index (κ3) is 2.25. The van der Waals surface area contributed by atoms with E-state index >= 15 is 0 Å². The van der Waals surface area contributed by atoms with Crippen LogP contribution in [0.1, 0.15) is 41.2 Å². The number of amides is 1. The van der Waals surface area contributed by atoms with E-state index in [1.165, 1.54) is 6.20 Å². The van der Waals surface area contributed by atoms with Gasteiger partial charge in [0.2, 0.25) is 0 Å². The van der Waals surface area contributed by atoms with Crippen molar-refractivity contribution in [1.82, 2.24) is 14.8 Å². The summed E-state index contributed by atoms with van der Waals surface area (Å²) in [5.41, 5.74) is 6.81. The Morgan fingerprint density at radius 1 is 1.52 bits per heavy atom.